The fourth-order valence-electron chi connectivity index (χ4n) is 3.20. The van der Waals surface area contributed by atoms with Gasteiger partial charge in [-0.2, -0.15) is 0 Å². The molecule has 2 aliphatic heterocycles. The highest BCUT2D eigenvalue weighted by Crippen LogP contribution is 2.22. The number of ether oxygens (including phenoxy) is 1. The van der Waals surface area contributed by atoms with Gasteiger partial charge >= 0.3 is 5.97 Å². The molecule has 0 radical (unpaired) electrons. The standard InChI is InChI=1S/C15H26N2O4/c1-11(14(18)17-7-5-3-4-6-8-17)16(2)13-10-21-9-12(13)15(19)20/h11-13H,3-10H2,1-2H3,(H,19,20). The highest BCUT2D eigenvalue weighted by molar-refractivity contribution is 5.81. The second-order valence-corrected chi connectivity index (χ2v) is 6.13. The van der Waals surface area contributed by atoms with E-state index in [0.29, 0.717) is 6.61 Å². The Morgan fingerprint density at radius 1 is 1.19 bits per heavy atom. The third-order valence-corrected chi connectivity index (χ3v) is 4.78. The van der Waals surface area contributed by atoms with Crippen molar-refractivity contribution < 1.29 is 19.4 Å². The Balaban J connectivity index is 1.98. The molecule has 2 rings (SSSR count). The van der Waals surface area contributed by atoms with Crippen LogP contribution in [0, 0.1) is 5.92 Å². The van der Waals surface area contributed by atoms with E-state index in [0.717, 1.165) is 25.9 Å². The predicted octanol–water partition coefficient (Wildman–Crippen LogP) is 0.809. The molecule has 0 aromatic rings. The van der Waals surface area contributed by atoms with Crippen molar-refractivity contribution in [2.45, 2.75) is 44.7 Å². The molecule has 0 bridgehead atoms. The van der Waals surface area contributed by atoms with Crippen LogP contribution < -0.4 is 0 Å². The van der Waals surface area contributed by atoms with E-state index in [2.05, 4.69) is 0 Å². The van der Waals surface area contributed by atoms with Crippen molar-refractivity contribution in [2.75, 3.05) is 33.4 Å². The highest BCUT2D eigenvalue weighted by Gasteiger charge is 2.40. The minimum absolute atomic E-state index is 0.107. The number of hydrogen-bond acceptors (Lipinski definition) is 4. The first-order chi connectivity index (χ1) is 10.0. The van der Waals surface area contributed by atoms with Gasteiger partial charge in [0.1, 0.15) is 0 Å². The Hall–Kier alpha value is -1.14. The largest absolute Gasteiger partial charge is 0.481 e. The molecule has 1 N–H and O–H groups in total. The van der Waals surface area contributed by atoms with Crippen LogP contribution in [0.1, 0.15) is 32.6 Å². The number of carbonyl (C=O) groups excluding carboxylic acids is 1. The molecule has 0 aromatic heterocycles. The summed E-state index contributed by atoms with van der Waals surface area (Å²) in [5.74, 6) is -1.29. The Labute approximate surface area is 126 Å². The number of hydrogen-bond donors (Lipinski definition) is 1. The lowest BCUT2D eigenvalue weighted by Gasteiger charge is -2.34. The second kappa shape index (κ2) is 7.22. The van der Waals surface area contributed by atoms with Gasteiger partial charge in [0.2, 0.25) is 5.91 Å². The maximum atomic E-state index is 12.6. The van der Waals surface area contributed by atoms with Gasteiger partial charge < -0.3 is 14.7 Å². The van der Waals surface area contributed by atoms with Gasteiger partial charge in [-0.1, -0.05) is 12.8 Å². The van der Waals surface area contributed by atoms with Gasteiger partial charge in [-0.05, 0) is 26.8 Å². The zero-order valence-corrected chi connectivity index (χ0v) is 13.0. The molecule has 2 heterocycles. The van der Waals surface area contributed by atoms with Crippen LogP contribution in [0.25, 0.3) is 0 Å². The average molecular weight is 298 g/mol. The summed E-state index contributed by atoms with van der Waals surface area (Å²) >= 11 is 0. The van der Waals surface area contributed by atoms with Gasteiger partial charge in [0.25, 0.3) is 0 Å². The summed E-state index contributed by atoms with van der Waals surface area (Å²) in [7, 11) is 1.83. The van der Waals surface area contributed by atoms with Gasteiger partial charge in [-0.15, -0.1) is 0 Å². The van der Waals surface area contributed by atoms with Crippen molar-refractivity contribution in [3.8, 4) is 0 Å². The highest BCUT2D eigenvalue weighted by atomic mass is 16.5. The fraction of sp³-hybridized carbons (Fsp3) is 0.867. The summed E-state index contributed by atoms with van der Waals surface area (Å²) < 4.78 is 5.30. The Bertz CT molecular complexity index is 380. The number of carboxylic acids is 1. The lowest BCUT2D eigenvalue weighted by molar-refractivity contribution is -0.145. The molecule has 2 saturated heterocycles. The molecule has 2 fully saturated rings. The van der Waals surface area contributed by atoms with E-state index >= 15 is 0 Å². The van der Waals surface area contributed by atoms with Gasteiger partial charge in [0, 0.05) is 19.1 Å². The van der Waals surface area contributed by atoms with Crippen LogP contribution in [0.5, 0.6) is 0 Å². The number of rotatable bonds is 4. The van der Waals surface area contributed by atoms with Crippen LogP contribution in [-0.2, 0) is 14.3 Å². The number of amides is 1. The Morgan fingerprint density at radius 3 is 2.38 bits per heavy atom. The number of likely N-dealkylation sites (tertiary alicyclic amines) is 1. The normalized spacial score (nSPS) is 28.4. The maximum Gasteiger partial charge on any atom is 0.310 e. The zero-order chi connectivity index (χ0) is 15.4. The molecule has 1 amide bonds. The summed E-state index contributed by atoms with van der Waals surface area (Å²) in [6.45, 7) is 4.12. The molecular weight excluding hydrogens is 272 g/mol. The van der Waals surface area contributed by atoms with E-state index in [1.54, 1.807) is 0 Å². The van der Waals surface area contributed by atoms with Crippen molar-refractivity contribution in [3.63, 3.8) is 0 Å². The first-order valence-corrected chi connectivity index (χ1v) is 7.83. The molecule has 21 heavy (non-hydrogen) atoms. The quantitative estimate of drug-likeness (QED) is 0.831. The molecule has 0 aliphatic carbocycles. The van der Waals surface area contributed by atoms with E-state index in [-0.39, 0.29) is 24.6 Å². The van der Waals surface area contributed by atoms with E-state index in [1.165, 1.54) is 12.8 Å². The minimum atomic E-state index is -0.848. The van der Waals surface area contributed by atoms with Crippen LogP contribution in [0.3, 0.4) is 0 Å². The topological polar surface area (TPSA) is 70.1 Å². The van der Waals surface area contributed by atoms with Crippen molar-refractivity contribution in [1.29, 1.82) is 0 Å². The lowest BCUT2D eigenvalue weighted by atomic mass is 10.0. The summed E-state index contributed by atoms with van der Waals surface area (Å²) in [6, 6.07) is -0.537. The van der Waals surface area contributed by atoms with Gasteiger partial charge in [0.15, 0.2) is 0 Å². The Morgan fingerprint density at radius 2 is 1.81 bits per heavy atom. The van der Waals surface area contributed by atoms with Crippen LogP contribution in [0.15, 0.2) is 0 Å². The van der Waals surface area contributed by atoms with Crippen LogP contribution in [-0.4, -0.2) is 72.2 Å². The molecule has 2 aliphatic rings. The number of carbonyl (C=O) groups is 2. The number of carboxylic acid groups (broad SMARTS) is 1. The van der Waals surface area contributed by atoms with Gasteiger partial charge in [0.05, 0.1) is 25.2 Å². The van der Waals surface area contributed by atoms with Crippen molar-refractivity contribution in [1.82, 2.24) is 9.80 Å². The fourth-order valence-corrected chi connectivity index (χ4v) is 3.20. The minimum Gasteiger partial charge on any atom is -0.481 e. The van der Waals surface area contributed by atoms with Crippen molar-refractivity contribution in [2.24, 2.45) is 5.92 Å². The van der Waals surface area contributed by atoms with Crippen molar-refractivity contribution in [3.05, 3.63) is 0 Å². The maximum absolute atomic E-state index is 12.6. The molecule has 3 atom stereocenters. The SMILES string of the molecule is CC(C(=O)N1CCCCCC1)N(C)C1COCC1C(=O)O. The second-order valence-electron chi connectivity index (χ2n) is 6.13. The summed E-state index contributed by atoms with van der Waals surface area (Å²) in [5.41, 5.74) is 0. The van der Waals surface area contributed by atoms with Crippen LogP contribution in [0.4, 0.5) is 0 Å². The molecule has 0 aromatic carbocycles. The Kier molecular flexibility index (Phi) is 5.58. The van der Waals surface area contributed by atoms with Crippen LogP contribution in [0.2, 0.25) is 0 Å². The molecule has 6 nitrogen and oxygen atoms in total. The zero-order valence-electron chi connectivity index (χ0n) is 13.0. The predicted molar refractivity (Wildman–Crippen MR) is 78.0 cm³/mol. The van der Waals surface area contributed by atoms with Crippen molar-refractivity contribution >= 4 is 11.9 Å². The molecule has 6 heteroatoms. The number of likely N-dealkylation sites (N-methyl/N-ethyl adjacent to an activating group) is 1. The number of aliphatic carboxylic acids is 1. The summed E-state index contributed by atoms with van der Waals surface area (Å²) in [5, 5.41) is 9.24. The first kappa shape index (κ1) is 16.2. The first-order valence-electron chi connectivity index (χ1n) is 7.83. The van der Waals surface area contributed by atoms with E-state index in [1.807, 2.05) is 23.8 Å². The average Bonchev–Trinajstić information content (AvgIpc) is 2.81. The smallest absolute Gasteiger partial charge is 0.310 e. The van der Waals surface area contributed by atoms with E-state index in [9.17, 15) is 14.7 Å². The molecule has 3 unspecified atom stereocenters. The molecule has 0 saturated carbocycles. The third kappa shape index (κ3) is 3.74. The van der Waals surface area contributed by atoms with E-state index in [4.69, 9.17) is 4.74 Å². The molecular formula is C15H26N2O4. The summed E-state index contributed by atoms with van der Waals surface area (Å²) in [4.78, 5) is 27.7. The van der Waals surface area contributed by atoms with Gasteiger partial charge in [-0.25, -0.2) is 0 Å². The monoisotopic (exact) mass is 298 g/mol. The van der Waals surface area contributed by atoms with E-state index < -0.39 is 11.9 Å². The lowest BCUT2D eigenvalue weighted by Crippen LogP contribution is -2.52. The third-order valence-electron chi connectivity index (χ3n) is 4.78. The van der Waals surface area contributed by atoms with Crippen LogP contribution >= 0.6 is 0 Å². The number of nitrogens with zero attached hydrogens (tertiary/aromatic N) is 2. The summed E-state index contributed by atoms with van der Waals surface area (Å²) in [6.07, 6.45) is 4.50. The molecule has 120 valence electrons. The molecule has 0 spiro atoms. The van der Waals surface area contributed by atoms with Gasteiger partial charge in [-0.3, -0.25) is 14.5 Å².